The summed E-state index contributed by atoms with van der Waals surface area (Å²) in [6.45, 7) is 1.58. The molecule has 0 radical (unpaired) electrons. The van der Waals surface area contributed by atoms with Crippen LogP contribution in [0.25, 0.3) is 0 Å². The van der Waals surface area contributed by atoms with Crippen LogP contribution in [0.15, 0.2) is 18.7 Å². The van der Waals surface area contributed by atoms with Crippen molar-refractivity contribution in [2.75, 3.05) is 6.54 Å². The summed E-state index contributed by atoms with van der Waals surface area (Å²) in [6, 6.07) is 0.229. The Balaban J connectivity index is 1.65. The van der Waals surface area contributed by atoms with Gasteiger partial charge in [-0.2, -0.15) is 13.2 Å². The van der Waals surface area contributed by atoms with Gasteiger partial charge in [0.25, 0.3) is 0 Å². The summed E-state index contributed by atoms with van der Waals surface area (Å²) in [5.74, 6) is -1.09. The Hall–Kier alpha value is -1.04. The molecule has 6 heteroatoms. The van der Waals surface area contributed by atoms with E-state index in [1.54, 1.807) is 12.5 Å². The molecule has 0 atom stereocenters. The van der Waals surface area contributed by atoms with E-state index in [-0.39, 0.29) is 18.9 Å². The molecule has 1 fully saturated rings. The first kappa shape index (κ1) is 13.4. The molecule has 0 bridgehead atoms. The maximum atomic E-state index is 12.5. The van der Waals surface area contributed by atoms with Crippen molar-refractivity contribution in [2.24, 2.45) is 5.92 Å². The van der Waals surface area contributed by atoms with Gasteiger partial charge in [-0.1, -0.05) is 0 Å². The van der Waals surface area contributed by atoms with E-state index in [0.717, 1.165) is 13.1 Å². The van der Waals surface area contributed by atoms with Gasteiger partial charge in [0, 0.05) is 31.5 Å². The molecule has 0 amide bonds. The first-order valence-corrected chi connectivity index (χ1v) is 6.31. The molecule has 1 aliphatic carbocycles. The zero-order valence-electron chi connectivity index (χ0n) is 10.2. The first-order valence-electron chi connectivity index (χ1n) is 6.31. The lowest BCUT2D eigenvalue weighted by Crippen LogP contribution is -2.38. The number of nitrogens with one attached hydrogen (secondary N) is 1. The first-order chi connectivity index (χ1) is 8.55. The quantitative estimate of drug-likeness (QED) is 0.902. The van der Waals surface area contributed by atoms with Gasteiger partial charge < -0.3 is 9.88 Å². The third kappa shape index (κ3) is 3.73. The van der Waals surface area contributed by atoms with Crippen molar-refractivity contribution in [3.63, 3.8) is 0 Å². The van der Waals surface area contributed by atoms with Crippen LogP contribution >= 0.6 is 0 Å². The van der Waals surface area contributed by atoms with Crippen molar-refractivity contribution in [2.45, 2.75) is 44.4 Å². The van der Waals surface area contributed by atoms with Gasteiger partial charge in [-0.3, -0.25) is 0 Å². The molecule has 102 valence electrons. The highest BCUT2D eigenvalue weighted by atomic mass is 19.4. The van der Waals surface area contributed by atoms with E-state index in [1.807, 2.05) is 10.8 Å². The van der Waals surface area contributed by atoms with Crippen LogP contribution in [-0.4, -0.2) is 28.3 Å². The number of hydrogen-bond acceptors (Lipinski definition) is 2. The Bertz CT molecular complexity index is 340. The molecule has 0 unspecified atom stereocenters. The minimum atomic E-state index is -4.01. The van der Waals surface area contributed by atoms with Crippen molar-refractivity contribution in [3.05, 3.63) is 18.7 Å². The number of nitrogens with zero attached hydrogens (tertiary/aromatic N) is 2. The lowest BCUT2D eigenvalue weighted by atomic mass is 9.85. The van der Waals surface area contributed by atoms with E-state index in [0.29, 0.717) is 12.8 Å². The highest BCUT2D eigenvalue weighted by Crippen LogP contribution is 2.37. The van der Waals surface area contributed by atoms with Gasteiger partial charge >= 0.3 is 6.18 Å². The third-order valence-electron chi connectivity index (χ3n) is 3.55. The molecule has 0 aliphatic heterocycles. The van der Waals surface area contributed by atoms with Gasteiger partial charge in [0.1, 0.15) is 0 Å². The molecule has 1 aromatic rings. The van der Waals surface area contributed by atoms with Crippen LogP contribution in [0.3, 0.4) is 0 Å². The Morgan fingerprint density at radius 3 is 2.50 bits per heavy atom. The van der Waals surface area contributed by atoms with Gasteiger partial charge in [-0.25, -0.2) is 4.98 Å². The standard InChI is InChI=1S/C12H18F3N3/c13-12(14,15)10-1-3-11(4-2-10)17-6-8-18-7-5-16-9-18/h5,7,9-11,17H,1-4,6,8H2. The Morgan fingerprint density at radius 2 is 1.94 bits per heavy atom. The van der Waals surface area contributed by atoms with Gasteiger partial charge in [0.2, 0.25) is 0 Å². The summed E-state index contributed by atoms with van der Waals surface area (Å²) in [5, 5.41) is 3.32. The molecule has 0 saturated heterocycles. The maximum Gasteiger partial charge on any atom is 0.391 e. The molecule has 0 aromatic carbocycles. The summed E-state index contributed by atoms with van der Waals surface area (Å²) in [6.07, 6.45) is 3.07. The monoisotopic (exact) mass is 261 g/mol. The maximum absolute atomic E-state index is 12.5. The van der Waals surface area contributed by atoms with Crippen LogP contribution in [0.4, 0.5) is 13.2 Å². The fraction of sp³-hybridized carbons (Fsp3) is 0.750. The van der Waals surface area contributed by atoms with Crippen LogP contribution < -0.4 is 5.32 Å². The van der Waals surface area contributed by atoms with Crippen LogP contribution in [0, 0.1) is 5.92 Å². The normalized spacial score (nSPS) is 25.3. The van der Waals surface area contributed by atoms with E-state index in [9.17, 15) is 13.2 Å². The second-order valence-electron chi connectivity index (χ2n) is 4.84. The summed E-state index contributed by atoms with van der Waals surface area (Å²) >= 11 is 0. The van der Waals surface area contributed by atoms with Crippen molar-refractivity contribution in [3.8, 4) is 0 Å². The molecular weight excluding hydrogens is 243 g/mol. The van der Waals surface area contributed by atoms with Gasteiger partial charge in [0.15, 0.2) is 0 Å². The van der Waals surface area contributed by atoms with Crippen LogP contribution in [-0.2, 0) is 6.54 Å². The third-order valence-corrected chi connectivity index (χ3v) is 3.55. The lowest BCUT2D eigenvalue weighted by Gasteiger charge is -2.30. The molecule has 18 heavy (non-hydrogen) atoms. The van der Waals surface area contributed by atoms with Crippen molar-refractivity contribution in [1.82, 2.24) is 14.9 Å². The number of imidazole rings is 1. The van der Waals surface area contributed by atoms with Crippen LogP contribution in [0.2, 0.25) is 0 Å². The Labute approximate surface area is 104 Å². The molecule has 3 nitrogen and oxygen atoms in total. The molecule has 1 N–H and O–H groups in total. The SMILES string of the molecule is FC(F)(F)C1CCC(NCCn2ccnc2)CC1. The van der Waals surface area contributed by atoms with E-state index < -0.39 is 12.1 Å². The predicted octanol–water partition coefficient (Wildman–Crippen LogP) is 2.59. The smallest absolute Gasteiger partial charge is 0.336 e. The van der Waals surface area contributed by atoms with Crippen LogP contribution in [0.1, 0.15) is 25.7 Å². The fourth-order valence-electron chi connectivity index (χ4n) is 2.44. The summed E-state index contributed by atoms with van der Waals surface area (Å²) < 4.78 is 39.4. The largest absolute Gasteiger partial charge is 0.391 e. The van der Waals surface area contributed by atoms with Crippen molar-refractivity contribution < 1.29 is 13.2 Å². The minimum Gasteiger partial charge on any atom is -0.336 e. The summed E-state index contributed by atoms with van der Waals surface area (Å²) in [4.78, 5) is 3.93. The molecule has 1 aliphatic rings. The number of alkyl halides is 3. The molecule has 1 saturated carbocycles. The van der Waals surface area contributed by atoms with Gasteiger partial charge in [-0.15, -0.1) is 0 Å². The predicted molar refractivity (Wildman–Crippen MR) is 62.0 cm³/mol. The van der Waals surface area contributed by atoms with Gasteiger partial charge in [-0.05, 0) is 25.7 Å². The van der Waals surface area contributed by atoms with Gasteiger partial charge in [0.05, 0.1) is 12.2 Å². The highest BCUT2D eigenvalue weighted by molar-refractivity contribution is 4.81. The fourth-order valence-corrected chi connectivity index (χ4v) is 2.44. The zero-order valence-corrected chi connectivity index (χ0v) is 10.2. The molecule has 1 heterocycles. The topological polar surface area (TPSA) is 29.9 Å². The minimum absolute atomic E-state index is 0.229. The summed E-state index contributed by atoms with van der Waals surface area (Å²) in [5.41, 5.74) is 0. The van der Waals surface area contributed by atoms with E-state index in [1.165, 1.54) is 0 Å². The second kappa shape index (κ2) is 5.73. The van der Waals surface area contributed by atoms with Crippen molar-refractivity contribution >= 4 is 0 Å². The molecule has 1 aromatic heterocycles. The van der Waals surface area contributed by atoms with E-state index >= 15 is 0 Å². The zero-order chi connectivity index (χ0) is 13.0. The molecular formula is C12H18F3N3. The van der Waals surface area contributed by atoms with Crippen LogP contribution in [0.5, 0.6) is 0 Å². The average Bonchev–Trinajstić information content (AvgIpc) is 2.82. The van der Waals surface area contributed by atoms with E-state index in [4.69, 9.17) is 0 Å². The number of halogens is 3. The summed E-state index contributed by atoms with van der Waals surface area (Å²) in [7, 11) is 0. The second-order valence-corrected chi connectivity index (χ2v) is 4.84. The number of hydrogen-bond donors (Lipinski definition) is 1. The van der Waals surface area contributed by atoms with E-state index in [2.05, 4.69) is 10.3 Å². The average molecular weight is 261 g/mol. The van der Waals surface area contributed by atoms with Crippen molar-refractivity contribution in [1.29, 1.82) is 0 Å². The Kier molecular flexibility index (Phi) is 4.27. The molecule has 0 spiro atoms. The highest BCUT2D eigenvalue weighted by Gasteiger charge is 2.41. The number of rotatable bonds is 4. The lowest BCUT2D eigenvalue weighted by molar-refractivity contribution is -0.182. The Morgan fingerprint density at radius 1 is 1.22 bits per heavy atom. The number of aromatic nitrogens is 2. The molecule has 2 rings (SSSR count).